The third-order valence-electron chi connectivity index (χ3n) is 3.47. The first-order valence-electron chi connectivity index (χ1n) is 6.30. The summed E-state index contributed by atoms with van der Waals surface area (Å²) in [5.41, 5.74) is 9.50. The number of hydrogen-bond donors (Lipinski definition) is 1. The molecule has 0 radical (unpaired) electrons. The second kappa shape index (κ2) is 4.42. The molecule has 2 heterocycles. The lowest BCUT2D eigenvalue weighted by Crippen LogP contribution is -2.36. The van der Waals surface area contributed by atoms with Crippen molar-refractivity contribution in [2.45, 2.75) is 13.0 Å². The number of nitrogens with zero attached hydrogens (tertiary/aromatic N) is 4. The molecule has 1 atom stereocenters. The van der Waals surface area contributed by atoms with Crippen LogP contribution in [0.15, 0.2) is 41.7 Å². The van der Waals surface area contributed by atoms with Crippen LogP contribution in [0.4, 0.5) is 5.69 Å². The monoisotopic (exact) mass is 255 g/mol. The summed E-state index contributed by atoms with van der Waals surface area (Å²) in [5.74, 6) is 0.572. The average molecular weight is 255 g/mol. The quantitative estimate of drug-likeness (QED) is 0.886. The summed E-state index contributed by atoms with van der Waals surface area (Å²) in [7, 11) is 1.92. The second-order valence-corrected chi connectivity index (χ2v) is 4.82. The Balaban J connectivity index is 2.02. The van der Waals surface area contributed by atoms with E-state index < -0.39 is 0 Å². The van der Waals surface area contributed by atoms with E-state index in [1.54, 1.807) is 4.68 Å². The van der Waals surface area contributed by atoms with E-state index in [9.17, 15) is 0 Å². The predicted octanol–water partition coefficient (Wildman–Crippen LogP) is 1.60. The van der Waals surface area contributed by atoms with Gasteiger partial charge < -0.3 is 10.6 Å². The summed E-state index contributed by atoms with van der Waals surface area (Å²) in [6.07, 6.45) is 3.90. The fourth-order valence-electron chi connectivity index (χ4n) is 2.49. The molecule has 19 heavy (non-hydrogen) atoms. The Kier molecular flexibility index (Phi) is 2.74. The summed E-state index contributed by atoms with van der Waals surface area (Å²) in [6.45, 7) is 2.76. The maximum Gasteiger partial charge on any atom is 0.196 e. The largest absolute Gasteiger partial charge is 0.369 e. The van der Waals surface area contributed by atoms with Gasteiger partial charge in [0, 0.05) is 24.5 Å². The van der Waals surface area contributed by atoms with E-state index in [-0.39, 0.29) is 6.04 Å². The van der Waals surface area contributed by atoms with E-state index in [0.29, 0.717) is 12.5 Å². The first kappa shape index (κ1) is 11.8. The minimum atomic E-state index is 0.134. The van der Waals surface area contributed by atoms with E-state index in [2.05, 4.69) is 34.0 Å². The molecule has 1 aliphatic rings. The highest BCUT2D eigenvalue weighted by Gasteiger charge is 2.30. The van der Waals surface area contributed by atoms with Crippen LogP contribution in [0.2, 0.25) is 0 Å². The van der Waals surface area contributed by atoms with Crippen molar-refractivity contribution in [2.24, 2.45) is 17.8 Å². The molecule has 5 nitrogen and oxygen atoms in total. The van der Waals surface area contributed by atoms with Crippen LogP contribution in [-0.2, 0) is 7.05 Å². The number of aromatic nitrogens is 2. The van der Waals surface area contributed by atoms with Gasteiger partial charge in [0.1, 0.15) is 0 Å². The van der Waals surface area contributed by atoms with Crippen molar-refractivity contribution in [1.82, 2.24) is 9.78 Å². The molecule has 0 bridgehead atoms. The van der Waals surface area contributed by atoms with Gasteiger partial charge in [0.25, 0.3) is 0 Å². The number of aryl methyl sites for hydroxylation is 2. The van der Waals surface area contributed by atoms with Crippen LogP contribution in [0.1, 0.15) is 17.2 Å². The molecule has 1 aliphatic heterocycles. The van der Waals surface area contributed by atoms with Crippen LogP contribution in [0.25, 0.3) is 0 Å². The molecule has 1 aromatic heterocycles. The molecule has 0 fully saturated rings. The minimum Gasteiger partial charge on any atom is -0.369 e. The van der Waals surface area contributed by atoms with E-state index in [0.717, 1.165) is 11.3 Å². The lowest BCUT2D eigenvalue weighted by molar-refractivity contribution is 0.751. The first-order valence-corrected chi connectivity index (χ1v) is 6.30. The Morgan fingerprint density at radius 3 is 2.79 bits per heavy atom. The van der Waals surface area contributed by atoms with Crippen LogP contribution in [0.3, 0.4) is 0 Å². The molecule has 0 spiro atoms. The number of aliphatic imine (C=N–C) groups is 1. The van der Waals surface area contributed by atoms with Gasteiger partial charge in [0.05, 0.1) is 18.8 Å². The highest BCUT2D eigenvalue weighted by atomic mass is 15.3. The molecule has 98 valence electrons. The highest BCUT2D eigenvalue weighted by Crippen LogP contribution is 2.32. The minimum absolute atomic E-state index is 0.134. The van der Waals surface area contributed by atoms with Gasteiger partial charge in [-0.3, -0.25) is 9.67 Å². The number of rotatable bonds is 2. The van der Waals surface area contributed by atoms with Crippen molar-refractivity contribution >= 4 is 11.6 Å². The summed E-state index contributed by atoms with van der Waals surface area (Å²) in [6, 6.07) is 8.35. The van der Waals surface area contributed by atoms with Gasteiger partial charge in [0.2, 0.25) is 0 Å². The smallest absolute Gasteiger partial charge is 0.196 e. The standard InChI is InChI=1S/C14H17N5/c1-10-5-3-4-6-12(10)19-13(8-16-14(19)15)11-7-17-18(2)9-11/h3-7,9,13H,8H2,1-2H3,(H2,15,16). The molecule has 2 N–H and O–H groups in total. The van der Waals surface area contributed by atoms with Gasteiger partial charge in [-0.15, -0.1) is 0 Å². The molecule has 5 heteroatoms. The molecule has 1 aromatic carbocycles. The fourth-order valence-corrected chi connectivity index (χ4v) is 2.49. The van der Waals surface area contributed by atoms with Gasteiger partial charge in [-0.2, -0.15) is 5.10 Å². The number of nitrogens with two attached hydrogens (primary N) is 1. The Morgan fingerprint density at radius 2 is 2.11 bits per heavy atom. The Bertz CT molecular complexity index is 628. The predicted molar refractivity (Wildman–Crippen MR) is 76.1 cm³/mol. The summed E-state index contributed by atoms with van der Waals surface area (Å²) >= 11 is 0. The first-order chi connectivity index (χ1) is 9.16. The SMILES string of the molecule is Cc1ccccc1N1C(N)=NCC1c1cnn(C)c1. The molecule has 0 saturated carbocycles. The third-order valence-corrected chi connectivity index (χ3v) is 3.47. The zero-order valence-corrected chi connectivity index (χ0v) is 11.1. The number of para-hydroxylation sites is 1. The third kappa shape index (κ3) is 1.97. The fraction of sp³-hybridized carbons (Fsp3) is 0.286. The van der Waals surface area contributed by atoms with Gasteiger partial charge >= 0.3 is 0 Å². The van der Waals surface area contributed by atoms with Crippen LogP contribution in [-0.4, -0.2) is 22.3 Å². The van der Waals surface area contributed by atoms with E-state index >= 15 is 0 Å². The van der Waals surface area contributed by atoms with Crippen LogP contribution < -0.4 is 10.6 Å². The summed E-state index contributed by atoms with van der Waals surface area (Å²) < 4.78 is 1.81. The lowest BCUT2D eigenvalue weighted by atomic mass is 10.1. The highest BCUT2D eigenvalue weighted by molar-refractivity contribution is 5.98. The van der Waals surface area contributed by atoms with Crippen molar-refractivity contribution in [3.63, 3.8) is 0 Å². The Morgan fingerprint density at radius 1 is 1.32 bits per heavy atom. The molecule has 1 unspecified atom stereocenters. The number of hydrogen-bond acceptors (Lipinski definition) is 4. The molecule has 0 aliphatic carbocycles. The lowest BCUT2D eigenvalue weighted by Gasteiger charge is -2.27. The zero-order chi connectivity index (χ0) is 13.4. The number of guanidine groups is 1. The molecule has 2 aromatic rings. The molecule has 0 amide bonds. The number of benzene rings is 1. The molecule has 3 rings (SSSR count). The van der Waals surface area contributed by atoms with Crippen molar-refractivity contribution in [3.05, 3.63) is 47.8 Å². The summed E-state index contributed by atoms with van der Waals surface area (Å²) in [5, 5.41) is 4.24. The molecular formula is C14H17N5. The van der Waals surface area contributed by atoms with Crippen molar-refractivity contribution in [3.8, 4) is 0 Å². The maximum absolute atomic E-state index is 6.06. The molecule has 0 saturated heterocycles. The average Bonchev–Trinajstić information content (AvgIpc) is 2.96. The topological polar surface area (TPSA) is 59.4 Å². The van der Waals surface area contributed by atoms with Crippen LogP contribution >= 0.6 is 0 Å². The zero-order valence-electron chi connectivity index (χ0n) is 11.1. The maximum atomic E-state index is 6.06. The van der Waals surface area contributed by atoms with E-state index in [4.69, 9.17) is 5.73 Å². The number of anilines is 1. The van der Waals surface area contributed by atoms with Gasteiger partial charge in [-0.25, -0.2) is 0 Å². The Labute approximate surface area is 112 Å². The summed E-state index contributed by atoms with van der Waals surface area (Å²) in [4.78, 5) is 6.48. The normalized spacial score (nSPS) is 18.7. The van der Waals surface area contributed by atoms with Crippen LogP contribution in [0.5, 0.6) is 0 Å². The molecular weight excluding hydrogens is 238 g/mol. The van der Waals surface area contributed by atoms with Crippen LogP contribution in [0, 0.1) is 6.92 Å². The van der Waals surface area contributed by atoms with Gasteiger partial charge in [-0.05, 0) is 18.6 Å². The Hall–Kier alpha value is -2.30. The van der Waals surface area contributed by atoms with Crippen molar-refractivity contribution in [2.75, 3.05) is 11.4 Å². The van der Waals surface area contributed by atoms with Gasteiger partial charge in [0.15, 0.2) is 5.96 Å². The van der Waals surface area contributed by atoms with Crippen molar-refractivity contribution in [1.29, 1.82) is 0 Å². The second-order valence-electron chi connectivity index (χ2n) is 4.82. The van der Waals surface area contributed by atoms with E-state index in [1.807, 2.05) is 31.6 Å². The van der Waals surface area contributed by atoms with Gasteiger partial charge in [-0.1, -0.05) is 18.2 Å². The van der Waals surface area contributed by atoms with E-state index in [1.165, 1.54) is 5.56 Å². The van der Waals surface area contributed by atoms with Crippen molar-refractivity contribution < 1.29 is 0 Å².